The lowest BCUT2D eigenvalue weighted by Crippen LogP contribution is -2.23. The third-order valence-electron chi connectivity index (χ3n) is 5.06. The minimum absolute atomic E-state index is 0.188. The summed E-state index contributed by atoms with van der Waals surface area (Å²) in [4.78, 5) is 22.2. The number of allylic oxidation sites excluding steroid dienone is 5. The van der Waals surface area contributed by atoms with Crippen LogP contribution in [0.15, 0.2) is 47.1 Å². The first-order chi connectivity index (χ1) is 12.5. The van der Waals surface area contributed by atoms with E-state index in [1.807, 2.05) is 26.0 Å². The van der Waals surface area contributed by atoms with Crippen molar-refractivity contribution in [1.29, 1.82) is 0 Å². The van der Waals surface area contributed by atoms with Gasteiger partial charge in [0.25, 0.3) is 0 Å². The standard InChI is InChI=1S/C23H34O4/c1-17(16-21(25)27-19(3)24)10-8-14-23(6,26-7)15-12-20-18(2)11-9-13-22(20,4)5/h8,12,14-16H,9-11,13H2,1-7H3/b14-8+,15-12+,17-16+. The number of esters is 2. The van der Waals surface area contributed by atoms with Gasteiger partial charge in [0.1, 0.15) is 5.60 Å². The second kappa shape index (κ2) is 9.84. The molecule has 0 N–H and O–H groups in total. The van der Waals surface area contributed by atoms with E-state index >= 15 is 0 Å². The Hall–Kier alpha value is -1.94. The zero-order valence-corrected chi connectivity index (χ0v) is 17.8. The predicted molar refractivity (Wildman–Crippen MR) is 109 cm³/mol. The second-order valence-corrected chi connectivity index (χ2v) is 8.16. The van der Waals surface area contributed by atoms with Gasteiger partial charge in [-0.05, 0) is 63.5 Å². The van der Waals surface area contributed by atoms with Gasteiger partial charge in [-0.25, -0.2) is 4.79 Å². The zero-order valence-electron chi connectivity index (χ0n) is 17.8. The molecule has 0 amide bonds. The third kappa shape index (κ3) is 7.67. The number of rotatable bonds is 7. The lowest BCUT2D eigenvalue weighted by atomic mass is 9.72. The fourth-order valence-electron chi connectivity index (χ4n) is 3.36. The molecule has 0 aromatic heterocycles. The minimum Gasteiger partial charge on any atom is -0.390 e. The molecule has 27 heavy (non-hydrogen) atoms. The summed E-state index contributed by atoms with van der Waals surface area (Å²) in [5, 5.41) is 0. The van der Waals surface area contributed by atoms with Crippen LogP contribution < -0.4 is 0 Å². The molecule has 0 radical (unpaired) electrons. The smallest absolute Gasteiger partial charge is 0.338 e. The average molecular weight is 375 g/mol. The van der Waals surface area contributed by atoms with Crippen molar-refractivity contribution in [2.75, 3.05) is 7.11 Å². The topological polar surface area (TPSA) is 52.6 Å². The monoisotopic (exact) mass is 374 g/mol. The van der Waals surface area contributed by atoms with Gasteiger partial charge in [0, 0.05) is 20.1 Å². The molecule has 0 saturated heterocycles. The molecule has 0 bridgehead atoms. The van der Waals surface area contributed by atoms with E-state index in [1.54, 1.807) is 7.11 Å². The first-order valence-electron chi connectivity index (χ1n) is 9.51. The summed E-state index contributed by atoms with van der Waals surface area (Å²) < 4.78 is 10.2. The molecule has 150 valence electrons. The fourth-order valence-corrected chi connectivity index (χ4v) is 3.36. The first kappa shape index (κ1) is 23.1. The Morgan fingerprint density at radius 3 is 2.44 bits per heavy atom. The van der Waals surface area contributed by atoms with Crippen molar-refractivity contribution in [3.63, 3.8) is 0 Å². The first-order valence-corrected chi connectivity index (χ1v) is 9.51. The summed E-state index contributed by atoms with van der Waals surface area (Å²) in [6.45, 7) is 11.9. The Morgan fingerprint density at radius 2 is 1.89 bits per heavy atom. The predicted octanol–water partition coefficient (Wildman–Crippen LogP) is 5.46. The molecule has 4 heteroatoms. The van der Waals surface area contributed by atoms with Crippen LogP contribution in [0.25, 0.3) is 0 Å². The van der Waals surface area contributed by atoms with Gasteiger partial charge in [0.05, 0.1) is 0 Å². The van der Waals surface area contributed by atoms with Crippen LogP contribution in [-0.2, 0) is 19.1 Å². The number of hydrogen-bond acceptors (Lipinski definition) is 4. The summed E-state index contributed by atoms with van der Waals surface area (Å²) in [7, 11) is 1.69. The van der Waals surface area contributed by atoms with E-state index in [0.717, 1.165) is 12.0 Å². The van der Waals surface area contributed by atoms with Crippen molar-refractivity contribution < 1.29 is 19.1 Å². The maximum absolute atomic E-state index is 11.5. The van der Waals surface area contributed by atoms with Crippen molar-refractivity contribution in [1.82, 2.24) is 0 Å². The van der Waals surface area contributed by atoms with Crippen molar-refractivity contribution in [2.24, 2.45) is 5.41 Å². The van der Waals surface area contributed by atoms with Gasteiger partial charge in [-0.2, -0.15) is 0 Å². The molecule has 0 spiro atoms. The Kier molecular flexibility index (Phi) is 8.42. The van der Waals surface area contributed by atoms with Gasteiger partial charge in [-0.1, -0.05) is 43.2 Å². The van der Waals surface area contributed by atoms with E-state index in [9.17, 15) is 9.59 Å². The van der Waals surface area contributed by atoms with E-state index in [0.29, 0.717) is 6.42 Å². The van der Waals surface area contributed by atoms with E-state index < -0.39 is 17.5 Å². The SMILES string of the molecule is COC(C)(/C=C/C/C(C)=C/C(=O)OC(C)=O)/C=C/C1=C(C)CCCC1(C)C. The summed E-state index contributed by atoms with van der Waals surface area (Å²) in [6, 6.07) is 0. The molecule has 0 aromatic carbocycles. The number of methoxy groups -OCH3 is 1. The molecule has 1 aliphatic rings. The van der Waals surface area contributed by atoms with Crippen LogP contribution in [0.5, 0.6) is 0 Å². The molecule has 0 aromatic rings. The highest BCUT2D eigenvalue weighted by Gasteiger charge is 2.27. The van der Waals surface area contributed by atoms with Gasteiger partial charge in [-0.15, -0.1) is 0 Å². The second-order valence-electron chi connectivity index (χ2n) is 8.16. The van der Waals surface area contributed by atoms with Crippen LogP contribution in [0.1, 0.15) is 67.2 Å². The molecular weight excluding hydrogens is 340 g/mol. The summed E-state index contributed by atoms with van der Waals surface area (Å²) in [5.41, 5.74) is 3.32. The number of ether oxygens (including phenoxy) is 2. The lowest BCUT2D eigenvalue weighted by Gasteiger charge is -2.33. The molecular formula is C23H34O4. The molecule has 0 aliphatic heterocycles. The summed E-state index contributed by atoms with van der Waals surface area (Å²) >= 11 is 0. The highest BCUT2D eigenvalue weighted by atomic mass is 16.6. The van der Waals surface area contributed by atoms with Crippen molar-refractivity contribution in [3.05, 3.63) is 47.1 Å². The minimum atomic E-state index is -0.634. The molecule has 4 nitrogen and oxygen atoms in total. The van der Waals surface area contributed by atoms with Crippen LogP contribution in [0.3, 0.4) is 0 Å². The maximum Gasteiger partial charge on any atom is 0.338 e. The lowest BCUT2D eigenvalue weighted by molar-refractivity contribution is -0.154. The summed E-state index contributed by atoms with van der Waals surface area (Å²) in [6.07, 6.45) is 13.8. The number of carbonyl (C=O) groups is 2. The highest BCUT2D eigenvalue weighted by molar-refractivity contribution is 5.91. The molecule has 1 aliphatic carbocycles. The van der Waals surface area contributed by atoms with Gasteiger partial charge in [0.15, 0.2) is 0 Å². The molecule has 0 fully saturated rings. The van der Waals surface area contributed by atoms with Gasteiger partial charge in [-0.3, -0.25) is 4.79 Å². The fraction of sp³-hybridized carbons (Fsp3) is 0.565. The average Bonchev–Trinajstić information content (AvgIpc) is 2.52. The summed E-state index contributed by atoms with van der Waals surface area (Å²) in [5.74, 6) is -1.24. The van der Waals surface area contributed by atoms with Gasteiger partial charge >= 0.3 is 11.9 Å². The molecule has 0 heterocycles. The molecule has 0 saturated carbocycles. The van der Waals surface area contributed by atoms with E-state index in [1.165, 1.54) is 37.0 Å². The van der Waals surface area contributed by atoms with Gasteiger partial charge in [0.2, 0.25) is 0 Å². The van der Waals surface area contributed by atoms with Crippen molar-refractivity contribution in [2.45, 2.75) is 72.8 Å². The van der Waals surface area contributed by atoms with Crippen LogP contribution >= 0.6 is 0 Å². The third-order valence-corrected chi connectivity index (χ3v) is 5.06. The van der Waals surface area contributed by atoms with Crippen LogP contribution in [0.2, 0.25) is 0 Å². The maximum atomic E-state index is 11.5. The Morgan fingerprint density at radius 1 is 1.22 bits per heavy atom. The zero-order chi connectivity index (χ0) is 20.7. The Balaban J connectivity index is 2.83. The Bertz CT molecular complexity index is 676. The van der Waals surface area contributed by atoms with Gasteiger partial charge < -0.3 is 9.47 Å². The molecule has 1 rings (SSSR count). The Labute approximate surface area is 164 Å². The molecule has 1 atom stereocenters. The van der Waals surface area contributed by atoms with Crippen LogP contribution in [-0.4, -0.2) is 24.6 Å². The van der Waals surface area contributed by atoms with Crippen molar-refractivity contribution >= 4 is 11.9 Å². The highest BCUT2D eigenvalue weighted by Crippen LogP contribution is 2.41. The largest absolute Gasteiger partial charge is 0.390 e. The number of hydrogen-bond donors (Lipinski definition) is 0. The van der Waals surface area contributed by atoms with E-state index in [4.69, 9.17) is 4.74 Å². The molecule has 1 unspecified atom stereocenters. The van der Waals surface area contributed by atoms with E-state index in [-0.39, 0.29) is 5.41 Å². The van der Waals surface area contributed by atoms with E-state index in [2.05, 4.69) is 37.7 Å². The van der Waals surface area contributed by atoms with Crippen LogP contribution in [0.4, 0.5) is 0 Å². The normalized spacial score (nSPS) is 20.2. The number of carbonyl (C=O) groups excluding carboxylic acids is 2. The van der Waals surface area contributed by atoms with Crippen LogP contribution in [0, 0.1) is 5.41 Å². The van der Waals surface area contributed by atoms with Crippen molar-refractivity contribution in [3.8, 4) is 0 Å². The quantitative estimate of drug-likeness (QED) is 0.257.